The summed E-state index contributed by atoms with van der Waals surface area (Å²) >= 11 is 0. The van der Waals surface area contributed by atoms with Crippen molar-refractivity contribution in [2.24, 2.45) is 0 Å². The molecule has 1 nitrogen and oxygen atoms in total. The number of rotatable bonds is 4. The number of benzene rings is 2. The van der Waals surface area contributed by atoms with Gasteiger partial charge >= 0.3 is 0 Å². The third-order valence-electron chi connectivity index (χ3n) is 2.41. The van der Waals surface area contributed by atoms with Crippen molar-refractivity contribution < 1.29 is 25.2 Å². The molecule has 19 heavy (non-hydrogen) atoms. The largest absolute Gasteiger partial charge is 0.319 e. The summed E-state index contributed by atoms with van der Waals surface area (Å²) in [6, 6.07) is 19.4. The van der Waals surface area contributed by atoms with E-state index in [9.17, 15) is 4.79 Å². The second-order valence-electron chi connectivity index (χ2n) is 3.81. The van der Waals surface area contributed by atoms with Gasteiger partial charge in [0.05, 0.1) is 5.78 Å². The summed E-state index contributed by atoms with van der Waals surface area (Å²) in [6.45, 7) is 0. The molecule has 0 N–H and O–H groups in total. The van der Waals surface area contributed by atoms with Crippen LogP contribution in [0.4, 0.5) is 0 Å². The normalized spacial score (nSPS) is 10.5. The molecule has 2 aromatic carbocycles. The van der Waals surface area contributed by atoms with Crippen molar-refractivity contribution >= 4 is 17.9 Å². The number of allylic oxidation sites excluding steroid dienone is 2. The third kappa shape index (κ3) is 5.61. The van der Waals surface area contributed by atoms with E-state index in [0.29, 0.717) is 0 Å². The number of hydrogen-bond acceptors (Lipinski definition) is 1. The van der Waals surface area contributed by atoms with Crippen LogP contribution in [-0.2, 0) is 25.2 Å². The van der Waals surface area contributed by atoms with E-state index in [1.54, 1.807) is 12.2 Å². The summed E-state index contributed by atoms with van der Waals surface area (Å²) < 4.78 is 0. The van der Waals surface area contributed by atoms with Crippen LogP contribution in [0.1, 0.15) is 11.1 Å². The van der Waals surface area contributed by atoms with Crippen LogP contribution in [0.5, 0.6) is 0 Å². The van der Waals surface area contributed by atoms with Gasteiger partial charge in [0.2, 0.25) is 0 Å². The van der Waals surface area contributed by atoms with Crippen LogP contribution in [0.2, 0.25) is 0 Å². The molecular weight excluding hydrogens is 327 g/mol. The van der Waals surface area contributed by atoms with E-state index in [1.165, 1.54) is 6.08 Å². The van der Waals surface area contributed by atoms with Gasteiger partial charge in [-0.05, 0) is 5.56 Å². The minimum atomic E-state index is -0.136. The average molecular weight is 340 g/mol. The first-order chi connectivity index (χ1) is 8.84. The monoisotopic (exact) mass is 339 g/mol. The molecule has 2 rings (SSSR count). The molecule has 0 amide bonds. The van der Waals surface area contributed by atoms with Gasteiger partial charge < -0.3 is 4.79 Å². The summed E-state index contributed by atoms with van der Waals surface area (Å²) in [4.78, 5) is 11.6. The van der Waals surface area contributed by atoms with Crippen molar-refractivity contribution in [3.05, 3.63) is 83.9 Å². The SMILES string of the molecule is O=C([C-]=Cc1ccccc1)C=Cc1ccccc1.[Pd]. The molecule has 2 heteroatoms. The summed E-state index contributed by atoms with van der Waals surface area (Å²) in [7, 11) is 0. The minimum Gasteiger partial charge on any atom is -0.319 e. The second kappa shape index (κ2) is 8.37. The molecule has 0 saturated carbocycles. The molecule has 0 saturated heterocycles. The Morgan fingerprint density at radius 1 is 0.842 bits per heavy atom. The van der Waals surface area contributed by atoms with Crippen LogP contribution in [0.3, 0.4) is 0 Å². The van der Waals surface area contributed by atoms with Gasteiger partial charge in [-0.2, -0.15) is 6.08 Å². The maximum Gasteiger partial charge on any atom is 0.0684 e. The van der Waals surface area contributed by atoms with Gasteiger partial charge in [-0.15, -0.1) is 35.9 Å². The predicted molar refractivity (Wildman–Crippen MR) is 74.6 cm³/mol. The molecule has 0 aliphatic heterocycles. The minimum absolute atomic E-state index is 0. The van der Waals surface area contributed by atoms with Gasteiger partial charge in [0, 0.05) is 20.4 Å². The first kappa shape index (κ1) is 15.3. The van der Waals surface area contributed by atoms with Crippen molar-refractivity contribution in [2.75, 3.05) is 0 Å². The average Bonchev–Trinajstić information content (AvgIpc) is 2.45. The zero-order valence-corrected chi connectivity index (χ0v) is 11.8. The number of hydrogen-bond donors (Lipinski definition) is 0. The molecule has 0 unspecified atom stereocenters. The number of carbonyl (C=O) groups is 1. The number of ketones is 1. The van der Waals surface area contributed by atoms with Gasteiger partial charge in [-0.3, -0.25) is 0 Å². The Bertz CT molecular complexity index is 505. The zero-order chi connectivity index (χ0) is 12.6. The van der Waals surface area contributed by atoms with Crippen molar-refractivity contribution in [1.82, 2.24) is 0 Å². The van der Waals surface area contributed by atoms with Gasteiger partial charge in [0.25, 0.3) is 0 Å². The Morgan fingerprint density at radius 3 is 1.95 bits per heavy atom. The van der Waals surface area contributed by atoms with Crippen molar-refractivity contribution in [3.8, 4) is 0 Å². The molecular formula is C17H13OPd-. The fourth-order valence-corrected chi connectivity index (χ4v) is 1.49. The molecule has 0 atom stereocenters. The molecule has 0 fully saturated rings. The van der Waals surface area contributed by atoms with Crippen LogP contribution in [0.25, 0.3) is 12.2 Å². The van der Waals surface area contributed by atoms with Gasteiger partial charge in [-0.25, -0.2) is 0 Å². The van der Waals surface area contributed by atoms with Gasteiger partial charge in [0.15, 0.2) is 0 Å². The maximum atomic E-state index is 11.6. The smallest absolute Gasteiger partial charge is 0.0684 e. The molecule has 0 heterocycles. The molecule has 0 radical (unpaired) electrons. The Labute approximate surface area is 127 Å². The standard InChI is InChI=1S/C17H13O.Pd/c18-17(13-11-15-7-3-1-4-8-15)14-12-16-9-5-2-6-10-16;/h1-13H;/q-1;. The zero-order valence-electron chi connectivity index (χ0n) is 10.2. The molecule has 0 aliphatic rings. The molecule has 0 spiro atoms. The predicted octanol–water partition coefficient (Wildman–Crippen LogP) is 3.78. The van der Waals surface area contributed by atoms with E-state index in [1.807, 2.05) is 60.7 Å². The molecule has 2 aromatic rings. The Balaban J connectivity index is 0.00000180. The molecule has 0 aromatic heterocycles. The van der Waals surface area contributed by atoms with Crippen LogP contribution in [0, 0.1) is 6.08 Å². The second-order valence-corrected chi connectivity index (χ2v) is 3.81. The Kier molecular flexibility index (Phi) is 6.75. The van der Waals surface area contributed by atoms with Crippen LogP contribution in [-0.4, -0.2) is 5.78 Å². The van der Waals surface area contributed by atoms with Crippen LogP contribution in [0.15, 0.2) is 66.7 Å². The Morgan fingerprint density at radius 2 is 1.37 bits per heavy atom. The van der Waals surface area contributed by atoms with Crippen molar-refractivity contribution in [1.29, 1.82) is 0 Å². The van der Waals surface area contributed by atoms with Crippen molar-refractivity contribution in [2.45, 2.75) is 0 Å². The molecule has 0 bridgehead atoms. The quantitative estimate of drug-likeness (QED) is 0.470. The van der Waals surface area contributed by atoms with E-state index in [2.05, 4.69) is 6.08 Å². The fourth-order valence-electron chi connectivity index (χ4n) is 1.49. The van der Waals surface area contributed by atoms with E-state index in [-0.39, 0.29) is 26.2 Å². The summed E-state index contributed by atoms with van der Waals surface area (Å²) in [5.74, 6) is -0.136. The maximum absolute atomic E-state index is 11.6. The molecule has 0 aliphatic carbocycles. The summed E-state index contributed by atoms with van der Waals surface area (Å²) in [5, 5.41) is 0. The topological polar surface area (TPSA) is 17.1 Å². The van der Waals surface area contributed by atoms with Gasteiger partial charge in [-0.1, -0.05) is 48.5 Å². The van der Waals surface area contributed by atoms with E-state index in [4.69, 9.17) is 0 Å². The first-order valence-corrected chi connectivity index (χ1v) is 5.76. The number of carbonyl (C=O) groups excluding carboxylic acids is 1. The summed E-state index contributed by atoms with van der Waals surface area (Å²) in [6.07, 6.45) is 7.72. The summed E-state index contributed by atoms with van der Waals surface area (Å²) in [5.41, 5.74) is 1.98. The van der Waals surface area contributed by atoms with E-state index >= 15 is 0 Å². The molecule has 98 valence electrons. The third-order valence-corrected chi connectivity index (χ3v) is 2.41. The fraction of sp³-hybridized carbons (Fsp3) is 0. The van der Waals surface area contributed by atoms with Crippen molar-refractivity contribution in [3.63, 3.8) is 0 Å². The van der Waals surface area contributed by atoms with E-state index in [0.717, 1.165) is 11.1 Å². The Hall–Kier alpha value is -1.75. The van der Waals surface area contributed by atoms with Gasteiger partial charge in [0.1, 0.15) is 0 Å². The first-order valence-electron chi connectivity index (χ1n) is 5.76. The van der Waals surface area contributed by atoms with Crippen LogP contribution >= 0.6 is 0 Å². The van der Waals surface area contributed by atoms with Crippen LogP contribution < -0.4 is 0 Å². The van der Waals surface area contributed by atoms with E-state index < -0.39 is 0 Å².